The van der Waals surface area contributed by atoms with Crippen molar-refractivity contribution in [2.75, 3.05) is 5.32 Å². The lowest BCUT2D eigenvalue weighted by Gasteiger charge is -2.06. The molecular weight excluding hydrogens is 256 g/mol. The number of nitrogens with one attached hydrogen (secondary N) is 1. The van der Waals surface area contributed by atoms with Crippen molar-refractivity contribution in [1.82, 2.24) is 9.55 Å². The molecule has 2 rings (SSSR count). The lowest BCUT2D eigenvalue weighted by atomic mass is 10.2. The molecule has 0 atom stereocenters. The zero-order chi connectivity index (χ0) is 14.4. The molecule has 2 aromatic rings. The first kappa shape index (κ1) is 13.5. The third kappa shape index (κ3) is 3.53. The Kier molecular flexibility index (Phi) is 4.24. The average molecular weight is 268 g/mol. The largest absolute Gasteiger partial charge is 0.326 e. The van der Waals surface area contributed by atoms with Crippen LogP contribution in [0.2, 0.25) is 0 Å². The van der Waals surface area contributed by atoms with Gasteiger partial charge in [0.2, 0.25) is 5.91 Å². The van der Waals surface area contributed by atoms with Gasteiger partial charge in [0.1, 0.15) is 0 Å². The fourth-order valence-corrected chi connectivity index (χ4v) is 1.62. The predicted molar refractivity (Wildman–Crippen MR) is 72.9 cm³/mol. The maximum Gasteiger partial charge on any atom is 0.253 e. The summed E-state index contributed by atoms with van der Waals surface area (Å²) in [5.41, 5.74) is 0.962. The molecule has 0 saturated heterocycles. The van der Waals surface area contributed by atoms with Crippen LogP contribution in [0.15, 0.2) is 47.7 Å². The van der Waals surface area contributed by atoms with E-state index in [4.69, 9.17) is 5.26 Å². The molecule has 0 radical (unpaired) electrons. The third-order valence-corrected chi connectivity index (χ3v) is 2.67. The van der Waals surface area contributed by atoms with Gasteiger partial charge in [-0.05, 0) is 24.3 Å². The molecule has 6 heteroatoms. The number of nitrogens with zero attached hydrogens (tertiary/aromatic N) is 3. The Labute approximate surface area is 115 Å². The van der Waals surface area contributed by atoms with E-state index in [-0.39, 0.29) is 24.4 Å². The van der Waals surface area contributed by atoms with Crippen molar-refractivity contribution in [3.8, 4) is 6.07 Å². The second kappa shape index (κ2) is 6.29. The molecule has 0 aliphatic carbocycles. The van der Waals surface area contributed by atoms with Gasteiger partial charge in [-0.15, -0.1) is 0 Å². The van der Waals surface area contributed by atoms with E-state index in [0.29, 0.717) is 11.3 Å². The lowest BCUT2D eigenvalue weighted by molar-refractivity contribution is -0.116. The number of carbonyl (C=O) groups is 1. The van der Waals surface area contributed by atoms with Gasteiger partial charge >= 0.3 is 0 Å². The van der Waals surface area contributed by atoms with Crippen molar-refractivity contribution >= 4 is 11.6 Å². The van der Waals surface area contributed by atoms with Crippen LogP contribution >= 0.6 is 0 Å². The van der Waals surface area contributed by atoms with E-state index in [0.717, 1.165) is 0 Å². The van der Waals surface area contributed by atoms with E-state index < -0.39 is 0 Å². The summed E-state index contributed by atoms with van der Waals surface area (Å²) in [4.78, 5) is 27.0. The number of rotatable bonds is 4. The monoisotopic (exact) mass is 268 g/mol. The van der Waals surface area contributed by atoms with Crippen LogP contribution in [-0.4, -0.2) is 15.5 Å². The van der Waals surface area contributed by atoms with Gasteiger partial charge in [0.25, 0.3) is 5.56 Å². The maximum atomic E-state index is 11.7. The van der Waals surface area contributed by atoms with E-state index in [1.165, 1.54) is 23.2 Å². The Hall–Kier alpha value is -2.94. The van der Waals surface area contributed by atoms with Gasteiger partial charge in [0.05, 0.1) is 18.0 Å². The normalized spacial score (nSPS) is 9.75. The van der Waals surface area contributed by atoms with Crippen LogP contribution in [0.25, 0.3) is 0 Å². The first-order valence-electron chi connectivity index (χ1n) is 5.99. The smallest absolute Gasteiger partial charge is 0.253 e. The molecule has 20 heavy (non-hydrogen) atoms. The van der Waals surface area contributed by atoms with Crippen LogP contribution in [0.1, 0.15) is 12.0 Å². The van der Waals surface area contributed by atoms with Gasteiger partial charge in [-0.3, -0.25) is 14.2 Å². The van der Waals surface area contributed by atoms with E-state index in [2.05, 4.69) is 10.3 Å². The Morgan fingerprint density at radius 1 is 1.30 bits per heavy atom. The molecule has 1 heterocycles. The van der Waals surface area contributed by atoms with Crippen molar-refractivity contribution in [3.05, 3.63) is 58.8 Å². The van der Waals surface area contributed by atoms with Gasteiger partial charge < -0.3 is 5.32 Å². The van der Waals surface area contributed by atoms with Crippen LogP contribution < -0.4 is 10.9 Å². The first-order valence-corrected chi connectivity index (χ1v) is 5.99. The third-order valence-electron chi connectivity index (χ3n) is 2.67. The minimum Gasteiger partial charge on any atom is -0.326 e. The molecule has 0 spiro atoms. The quantitative estimate of drug-likeness (QED) is 0.900. The molecule has 1 N–H and O–H groups in total. The Morgan fingerprint density at radius 2 is 2.05 bits per heavy atom. The second-order valence-electron chi connectivity index (χ2n) is 4.10. The number of aromatic nitrogens is 2. The summed E-state index contributed by atoms with van der Waals surface area (Å²) in [6.07, 6.45) is 2.98. The number of nitriles is 1. The van der Waals surface area contributed by atoms with Gasteiger partial charge in [-0.2, -0.15) is 5.26 Å². The van der Waals surface area contributed by atoms with Gasteiger partial charge in [0, 0.05) is 30.9 Å². The van der Waals surface area contributed by atoms with E-state index >= 15 is 0 Å². The van der Waals surface area contributed by atoms with Crippen LogP contribution in [0.5, 0.6) is 0 Å². The van der Waals surface area contributed by atoms with Crippen molar-refractivity contribution < 1.29 is 4.79 Å². The maximum absolute atomic E-state index is 11.7. The fraction of sp³-hybridized carbons (Fsp3) is 0.143. The number of benzene rings is 1. The van der Waals surface area contributed by atoms with Crippen LogP contribution in [-0.2, 0) is 11.3 Å². The summed E-state index contributed by atoms with van der Waals surface area (Å²) in [6, 6.07) is 9.92. The number of amides is 1. The summed E-state index contributed by atoms with van der Waals surface area (Å²) in [6.45, 7) is 0.273. The first-order chi connectivity index (χ1) is 9.69. The average Bonchev–Trinajstić information content (AvgIpc) is 2.47. The molecule has 6 nitrogen and oxygen atoms in total. The standard InChI is InChI=1S/C14H12N4O2/c15-9-11-1-3-12(4-2-11)17-13(19)6-8-18-10-16-7-5-14(18)20/h1-5,7,10H,6,8H2,(H,17,19). The zero-order valence-electron chi connectivity index (χ0n) is 10.6. The molecule has 1 amide bonds. The minimum absolute atomic E-state index is 0.172. The van der Waals surface area contributed by atoms with Gasteiger partial charge in [-0.1, -0.05) is 0 Å². The molecular formula is C14H12N4O2. The number of anilines is 1. The Morgan fingerprint density at radius 3 is 2.70 bits per heavy atom. The van der Waals surface area contributed by atoms with E-state index in [1.54, 1.807) is 24.3 Å². The fourth-order valence-electron chi connectivity index (χ4n) is 1.62. The highest BCUT2D eigenvalue weighted by Gasteiger charge is 2.04. The predicted octanol–water partition coefficient (Wildman–Crippen LogP) is 1.14. The molecule has 0 aliphatic rings. The SMILES string of the molecule is N#Cc1ccc(NC(=O)CCn2cnccc2=O)cc1. The van der Waals surface area contributed by atoms with Crippen LogP contribution in [0.3, 0.4) is 0 Å². The van der Waals surface area contributed by atoms with Crippen LogP contribution in [0, 0.1) is 11.3 Å². The molecule has 0 fully saturated rings. The van der Waals surface area contributed by atoms with E-state index in [9.17, 15) is 9.59 Å². The summed E-state index contributed by atoms with van der Waals surface area (Å²) in [5, 5.41) is 11.4. The van der Waals surface area contributed by atoms with Gasteiger partial charge in [0.15, 0.2) is 0 Å². The molecule has 1 aromatic carbocycles. The molecule has 0 saturated carbocycles. The number of aryl methyl sites for hydroxylation is 1. The van der Waals surface area contributed by atoms with Crippen LogP contribution in [0.4, 0.5) is 5.69 Å². The lowest BCUT2D eigenvalue weighted by Crippen LogP contribution is -2.22. The molecule has 1 aromatic heterocycles. The highest BCUT2D eigenvalue weighted by molar-refractivity contribution is 5.90. The topological polar surface area (TPSA) is 87.8 Å². The summed E-state index contributed by atoms with van der Waals surface area (Å²) < 4.78 is 1.37. The molecule has 0 bridgehead atoms. The molecule has 100 valence electrons. The zero-order valence-corrected chi connectivity index (χ0v) is 10.6. The molecule has 0 aliphatic heterocycles. The number of carbonyl (C=O) groups excluding carboxylic acids is 1. The van der Waals surface area contributed by atoms with Crippen molar-refractivity contribution in [2.45, 2.75) is 13.0 Å². The molecule has 0 unspecified atom stereocenters. The van der Waals surface area contributed by atoms with Crippen molar-refractivity contribution in [3.63, 3.8) is 0 Å². The Bertz CT molecular complexity index is 698. The minimum atomic E-state index is -0.203. The summed E-state index contributed by atoms with van der Waals surface area (Å²) >= 11 is 0. The van der Waals surface area contributed by atoms with Gasteiger partial charge in [-0.25, -0.2) is 4.98 Å². The highest BCUT2D eigenvalue weighted by Crippen LogP contribution is 2.09. The number of hydrogen-bond acceptors (Lipinski definition) is 4. The number of hydrogen-bond donors (Lipinski definition) is 1. The summed E-state index contributed by atoms with van der Waals surface area (Å²) in [7, 11) is 0. The van der Waals surface area contributed by atoms with Crippen molar-refractivity contribution in [1.29, 1.82) is 5.26 Å². The second-order valence-corrected chi connectivity index (χ2v) is 4.10. The highest BCUT2D eigenvalue weighted by atomic mass is 16.1. The van der Waals surface area contributed by atoms with E-state index in [1.807, 2.05) is 6.07 Å². The summed E-state index contributed by atoms with van der Waals surface area (Å²) in [5.74, 6) is -0.203. The van der Waals surface area contributed by atoms with Crippen molar-refractivity contribution in [2.24, 2.45) is 0 Å². The Balaban J connectivity index is 1.91.